The topological polar surface area (TPSA) is 72.9 Å². The van der Waals surface area contributed by atoms with E-state index in [2.05, 4.69) is 31.6 Å². The third-order valence-corrected chi connectivity index (χ3v) is 3.81. The number of nitrogens with two attached hydrogens (primary N) is 1. The number of aryl methyl sites for hydroxylation is 1. The zero-order chi connectivity index (χ0) is 13.4. The van der Waals surface area contributed by atoms with Crippen LogP contribution in [0.25, 0.3) is 0 Å². The van der Waals surface area contributed by atoms with E-state index in [9.17, 15) is 0 Å². The van der Waals surface area contributed by atoms with Gasteiger partial charge in [-0.25, -0.2) is 4.98 Å². The molecule has 0 spiro atoms. The van der Waals surface area contributed by atoms with Crippen molar-refractivity contribution < 1.29 is 0 Å². The van der Waals surface area contributed by atoms with E-state index in [-0.39, 0.29) is 0 Å². The Bertz CT molecular complexity index is 603. The summed E-state index contributed by atoms with van der Waals surface area (Å²) in [6.07, 6.45) is 3.86. The lowest BCUT2D eigenvalue weighted by Gasteiger charge is -2.30. The molecule has 2 aromatic rings. The molecular formula is C13H18N6. The van der Waals surface area contributed by atoms with Crippen LogP contribution in [0.2, 0.25) is 0 Å². The molecule has 0 aromatic carbocycles. The van der Waals surface area contributed by atoms with Crippen molar-refractivity contribution in [3.63, 3.8) is 0 Å². The molecule has 0 saturated heterocycles. The minimum absolute atomic E-state index is 0.489. The van der Waals surface area contributed by atoms with Gasteiger partial charge in [-0.15, -0.1) is 5.10 Å². The Kier molecular flexibility index (Phi) is 2.94. The average molecular weight is 258 g/mol. The van der Waals surface area contributed by atoms with Gasteiger partial charge in [0.1, 0.15) is 5.82 Å². The standard InChI is InChI=1S/C13H18N6/c1-9-10(2)16-17-13(11(9)7-14)19-6-5-18-4-3-15-12(18)8-19/h3-4H,5-8,14H2,1-2H3. The number of rotatable bonds is 2. The number of nitrogens with zero attached hydrogens (tertiary/aromatic N) is 5. The summed E-state index contributed by atoms with van der Waals surface area (Å²) < 4.78 is 2.17. The third kappa shape index (κ3) is 1.98. The Morgan fingerprint density at radius 2 is 2.11 bits per heavy atom. The molecule has 3 heterocycles. The van der Waals surface area contributed by atoms with Crippen molar-refractivity contribution in [2.45, 2.75) is 33.5 Å². The second-order valence-corrected chi connectivity index (χ2v) is 4.88. The van der Waals surface area contributed by atoms with Gasteiger partial charge in [0.05, 0.1) is 12.2 Å². The Hall–Kier alpha value is -1.95. The fourth-order valence-electron chi connectivity index (χ4n) is 2.50. The fourth-order valence-corrected chi connectivity index (χ4v) is 2.50. The van der Waals surface area contributed by atoms with Crippen LogP contribution >= 0.6 is 0 Å². The number of hydrogen-bond acceptors (Lipinski definition) is 5. The van der Waals surface area contributed by atoms with Gasteiger partial charge < -0.3 is 15.2 Å². The van der Waals surface area contributed by atoms with Crippen LogP contribution in [0, 0.1) is 13.8 Å². The van der Waals surface area contributed by atoms with Gasteiger partial charge in [0.25, 0.3) is 0 Å². The van der Waals surface area contributed by atoms with Crippen molar-refractivity contribution in [1.82, 2.24) is 19.7 Å². The van der Waals surface area contributed by atoms with E-state index in [4.69, 9.17) is 5.73 Å². The average Bonchev–Trinajstić information content (AvgIpc) is 2.89. The number of aromatic nitrogens is 4. The molecule has 2 aromatic heterocycles. The summed E-state index contributed by atoms with van der Waals surface area (Å²) in [5.41, 5.74) is 9.06. The largest absolute Gasteiger partial charge is 0.346 e. The lowest BCUT2D eigenvalue weighted by Crippen LogP contribution is -2.35. The molecule has 0 amide bonds. The Balaban J connectivity index is 1.98. The van der Waals surface area contributed by atoms with Crippen LogP contribution in [0.15, 0.2) is 12.4 Å². The van der Waals surface area contributed by atoms with Crippen molar-refractivity contribution in [1.29, 1.82) is 0 Å². The summed E-state index contributed by atoms with van der Waals surface area (Å²) in [4.78, 5) is 6.58. The van der Waals surface area contributed by atoms with Crippen LogP contribution in [0.5, 0.6) is 0 Å². The van der Waals surface area contributed by atoms with Gasteiger partial charge in [0, 0.05) is 37.6 Å². The molecule has 2 N–H and O–H groups in total. The Morgan fingerprint density at radius 1 is 1.26 bits per heavy atom. The molecule has 0 fully saturated rings. The zero-order valence-corrected chi connectivity index (χ0v) is 11.3. The van der Waals surface area contributed by atoms with Crippen LogP contribution in [0.1, 0.15) is 22.6 Å². The van der Waals surface area contributed by atoms with E-state index in [0.29, 0.717) is 6.54 Å². The van der Waals surface area contributed by atoms with Crippen LogP contribution in [-0.2, 0) is 19.6 Å². The molecule has 0 unspecified atom stereocenters. The van der Waals surface area contributed by atoms with E-state index >= 15 is 0 Å². The highest BCUT2D eigenvalue weighted by molar-refractivity contribution is 5.51. The van der Waals surface area contributed by atoms with E-state index in [1.54, 1.807) is 0 Å². The normalized spacial score (nSPS) is 14.6. The summed E-state index contributed by atoms with van der Waals surface area (Å²) in [6, 6.07) is 0. The maximum atomic E-state index is 5.89. The van der Waals surface area contributed by atoms with Crippen molar-refractivity contribution in [3.05, 3.63) is 35.0 Å². The number of imidazole rings is 1. The minimum atomic E-state index is 0.489. The smallest absolute Gasteiger partial charge is 0.156 e. The second kappa shape index (κ2) is 4.62. The van der Waals surface area contributed by atoms with E-state index in [0.717, 1.165) is 48.1 Å². The molecule has 0 radical (unpaired) electrons. The van der Waals surface area contributed by atoms with Crippen LogP contribution in [0.4, 0.5) is 5.82 Å². The second-order valence-electron chi connectivity index (χ2n) is 4.88. The van der Waals surface area contributed by atoms with Gasteiger partial charge in [0.2, 0.25) is 0 Å². The van der Waals surface area contributed by atoms with E-state index < -0.39 is 0 Å². The summed E-state index contributed by atoms with van der Waals surface area (Å²) in [5, 5.41) is 8.58. The van der Waals surface area contributed by atoms with Gasteiger partial charge in [-0.1, -0.05) is 0 Å². The first-order valence-electron chi connectivity index (χ1n) is 6.48. The van der Waals surface area contributed by atoms with Crippen LogP contribution < -0.4 is 10.6 Å². The number of fused-ring (bicyclic) bond motifs is 1. The molecule has 19 heavy (non-hydrogen) atoms. The number of hydrogen-bond donors (Lipinski definition) is 1. The molecule has 0 aliphatic carbocycles. The first-order valence-corrected chi connectivity index (χ1v) is 6.48. The summed E-state index contributed by atoms with van der Waals surface area (Å²) in [5.74, 6) is 1.97. The van der Waals surface area contributed by atoms with Gasteiger partial charge in [-0.05, 0) is 19.4 Å². The maximum absolute atomic E-state index is 5.89. The number of anilines is 1. The quantitative estimate of drug-likeness (QED) is 0.861. The van der Waals surface area contributed by atoms with E-state index in [1.807, 2.05) is 19.3 Å². The van der Waals surface area contributed by atoms with Crippen molar-refractivity contribution >= 4 is 5.82 Å². The zero-order valence-electron chi connectivity index (χ0n) is 11.3. The van der Waals surface area contributed by atoms with E-state index in [1.165, 1.54) is 0 Å². The molecule has 1 aliphatic rings. The highest BCUT2D eigenvalue weighted by atomic mass is 15.3. The molecule has 0 saturated carbocycles. The van der Waals surface area contributed by atoms with Crippen molar-refractivity contribution in [2.75, 3.05) is 11.4 Å². The lowest BCUT2D eigenvalue weighted by atomic mass is 10.1. The Morgan fingerprint density at radius 3 is 2.89 bits per heavy atom. The maximum Gasteiger partial charge on any atom is 0.156 e. The fraction of sp³-hybridized carbons (Fsp3) is 0.462. The molecule has 0 atom stereocenters. The Labute approximate surface area is 112 Å². The predicted molar refractivity (Wildman–Crippen MR) is 72.7 cm³/mol. The monoisotopic (exact) mass is 258 g/mol. The lowest BCUT2D eigenvalue weighted by molar-refractivity contribution is 0.552. The first kappa shape index (κ1) is 12.1. The SMILES string of the molecule is Cc1nnc(N2CCn3ccnc3C2)c(CN)c1C. The van der Waals surface area contributed by atoms with Gasteiger partial charge >= 0.3 is 0 Å². The van der Waals surface area contributed by atoms with Crippen molar-refractivity contribution in [3.8, 4) is 0 Å². The molecule has 3 rings (SSSR count). The predicted octanol–water partition coefficient (Wildman–Crippen LogP) is 0.769. The highest BCUT2D eigenvalue weighted by Crippen LogP contribution is 2.24. The van der Waals surface area contributed by atoms with Gasteiger partial charge in [0.15, 0.2) is 5.82 Å². The minimum Gasteiger partial charge on any atom is -0.346 e. The van der Waals surface area contributed by atoms with Crippen molar-refractivity contribution in [2.24, 2.45) is 5.73 Å². The van der Waals surface area contributed by atoms with Gasteiger partial charge in [-0.3, -0.25) is 0 Å². The summed E-state index contributed by atoms with van der Waals surface area (Å²) in [6.45, 7) is 7.11. The van der Waals surface area contributed by atoms with Gasteiger partial charge in [-0.2, -0.15) is 5.10 Å². The first-order chi connectivity index (χ1) is 9.20. The third-order valence-electron chi connectivity index (χ3n) is 3.81. The van der Waals surface area contributed by atoms with Crippen LogP contribution in [0.3, 0.4) is 0 Å². The summed E-state index contributed by atoms with van der Waals surface area (Å²) >= 11 is 0. The highest BCUT2D eigenvalue weighted by Gasteiger charge is 2.21. The molecule has 100 valence electrons. The molecule has 6 nitrogen and oxygen atoms in total. The molecule has 0 bridgehead atoms. The summed E-state index contributed by atoms with van der Waals surface area (Å²) in [7, 11) is 0. The molecular weight excluding hydrogens is 240 g/mol. The molecule has 1 aliphatic heterocycles. The molecule has 6 heteroatoms. The van der Waals surface area contributed by atoms with Crippen LogP contribution in [-0.4, -0.2) is 26.3 Å².